The fourth-order valence-corrected chi connectivity index (χ4v) is 2.60. The van der Waals surface area contributed by atoms with Crippen LogP contribution >= 0.6 is 0 Å². The Morgan fingerprint density at radius 3 is 2.67 bits per heavy atom. The average molecular weight is 298 g/mol. The van der Waals surface area contributed by atoms with Crippen molar-refractivity contribution in [1.29, 1.82) is 0 Å². The lowest BCUT2D eigenvalue weighted by Gasteiger charge is -2.23. The van der Waals surface area contributed by atoms with Gasteiger partial charge >= 0.3 is 5.69 Å². The molecule has 2 fully saturated rings. The second-order valence-corrected chi connectivity index (χ2v) is 5.37. The number of rotatable bonds is 2. The van der Waals surface area contributed by atoms with Crippen LogP contribution in [-0.4, -0.2) is 45.0 Å². The summed E-state index contributed by atoms with van der Waals surface area (Å²) in [4.78, 5) is 36.1. The number of nitrogens with one attached hydrogen (secondary N) is 1. The number of H-pyrrole nitrogens is 1. The molecule has 0 radical (unpaired) electrons. The molecule has 0 unspecified atom stereocenters. The van der Waals surface area contributed by atoms with Crippen molar-refractivity contribution in [3.05, 3.63) is 27.0 Å². The number of aldehydes is 1. The molecule has 9 nitrogen and oxygen atoms in total. The van der Waals surface area contributed by atoms with Gasteiger partial charge in [0.15, 0.2) is 24.1 Å². The number of hydrogen-bond donors (Lipinski definition) is 2. The minimum atomic E-state index is -0.984. The van der Waals surface area contributed by atoms with Crippen molar-refractivity contribution in [3.8, 4) is 5.75 Å². The molecule has 0 aromatic carbocycles. The first-order valence-corrected chi connectivity index (χ1v) is 6.33. The standard InChI is InChI=1S/C12H14N2O7/c1-12(2)20-7-6(4-15)19-10(8(7)21-12)14-3-5(16)9(17)13-11(14)18/h3-4,6-8,10,16H,1-2H3,(H,13,17,18)/t6-,7-,8-,10-/m1/s1. The normalized spacial score (nSPS) is 33.8. The summed E-state index contributed by atoms with van der Waals surface area (Å²) in [5.41, 5.74) is -1.68. The Morgan fingerprint density at radius 1 is 1.33 bits per heavy atom. The van der Waals surface area contributed by atoms with E-state index < -0.39 is 47.3 Å². The average Bonchev–Trinajstić information content (AvgIpc) is 2.87. The minimum absolute atomic E-state index is 0.568. The molecule has 0 aliphatic carbocycles. The molecule has 2 aliphatic heterocycles. The topological polar surface area (TPSA) is 120 Å². The summed E-state index contributed by atoms with van der Waals surface area (Å²) in [6, 6.07) is 0. The zero-order chi connectivity index (χ0) is 15.4. The fourth-order valence-electron chi connectivity index (χ4n) is 2.60. The van der Waals surface area contributed by atoms with Crippen molar-refractivity contribution in [2.45, 2.75) is 44.2 Å². The van der Waals surface area contributed by atoms with Gasteiger partial charge in [-0.3, -0.25) is 14.3 Å². The third kappa shape index (κ3) is 2.19. The molecule has 1 aromatic heterocycles. The van der Waals surface area contributed by atoms with E-state index in [2.05, 4.69) is 0 Å². The van der Waals surface area contributed by atoms with Crippen LogP contribution in [0.2, 0.25) is 0 Å². The van der Waals surface area contributed by atoms with Crippen LogP contribution in [0.1, 0.15) is 20.1 Å². The molecule has 2 saturated heterocycles. The van der Waals surface area contributed by atoms with Crippen molar-refractivity contribution in [2.75, 3.05) is 0 Å². The van der Waals surface area contributed by atoms with Gasteiger partial charge in [0.1, 0.15) is 18.3 Å². The molecule has 0 saturated carbocycles. The largest absolute Gasteiger partial charge is 0.502 e. The number of hydrogen-bond acceptors (Lipinski definition) is 7. The molecule has 0 spiro atoms. The van der Waals surface area contributed by atoms with Crippen molar-refractivity contribution in [3.63, 3.8) is 0 Å². The highest BCUT2D eigenvalue weighted by atomic mass is 16.8. The van der Waals surface area contributed by atoms with E-state index in [1.54, 1.807) is 13.8 Å². The number of aromatic nitrogens is 2. The molecular formula is C12H14N2O7. The smallest absolute Gasteiger partial charge is 0.330 e. The van der Waals surface area contributed by atoms with Crippen molar-refractivity contribution < 1.29 is 24.1 Å². The molecule has 1 aromatic rings. The lowest BCUT2D eigenvalue weighted by Crippen LogP contribution is -2.37. The lowest BCUT2D eigenvalue weighted by atomic mass is 10.1. The highest BCUT2D eigenvalue weighted by Gasteiger charge is 2.56. The van der Waals surface area contributed by atoms with Gasteiger partial charge in [0.2, 0.25) is 0 Å². The summed E-state index contributed by atoms with van der Waals surface area (Å²) in [7, 11) is 0. The number of fused-ring (bicyclic) bond motifs is 1. The van der Waals surface area contributed by atoms with Crippen LogP contribution in [0.3, 0.4) is 0 Å². The van der Waals surface area contributed by atoms with Gasteiger partial charge < -0.3 is 24.1 Å². The van der Waals surface area contributed by atoms with E-state index in [0.29, 0.717) is 6.29 Å². The monoisotopic (exact) mass is 298 g/mol. The number of aromatic hydroxyl groups is 1. The second kappa shape index (κ2) is 4.52. The Hall–Kier alpha value is -1.97. The van der Waals surface area contributed by atoms with E-state index in [0.717, 1.165) is 10.8 Å². The molecule has 2 N–H and O–H groups in total. The van der Waals surface area contributed by atoms with Crippen LogP contribution in [0.5, 0.6) is 5.75 Å². The quantitative estimate of drug-likeness (QED) is 0.662. The maximum Gasteiger partial charge on any atom is 0.330 e. The summed E-state index contributed by atoms with van der Waals surface area (Å²) in [5, 5.41) is 9.45. The number of carbonyl (C=O) groups is 1. The van der Waals surface area contributed by atoms with Gasteiger partial charge in [-0.05, 0) is 13.8 Å². The van der Waals surface area contributed by atoms with E-state index >= 15 is 0 Å². The van der Waals surface area contributed by atoms with Crippen LogP contribution in [-0.2, 0) is 19.0 Å². The van der Waals surface area contributed by atoms with E-state index in [9.17, 15) is 19.5 Å². The Labute approximate surface area is 118 Å². The van der Waals surface area contributed by atoms with Gasteiger partial charge in [-0.25, -0.2) is 4.79 Å². The number of aromatic amines is 1. The Kier molecular flexibility index (Phi) is 3.01. The highest BCUT2D eigenvalue weighted by molar-refractivity contribution is 5.58. The van der Waals surface area contributed by atoms with Gasteiger partial charge in [0, 0.05) is 0 Å². The van der Waals surface area contributed by atoms with Gasteiger partial charge in [-0.15, -0.1) is 0 Å². The Bertz CT molecular complexity index is 692. The van der Waals surface area contributed by atoms with Crippen molar-refractivity contribution in [2.24, 2.45) is 0 Å². The Balaban J connectivity index is 2.03. The molecule has 3 heterocycles. The third-order valence-electron chi connectivity index (χ3n) is 3.42. The predicted octanol–water partition coefficient (Wildman–Crippen LogP) is -1.14. The van der Waals surface area contributed by atoms with E-state index in [1.165, 1.54) is 0 Å². The van der Waals surface area contributed by atoms with E-state index in [1.807, 2.05) is 4.98 Å². The van der Waals surface area contributed by atoms with Crippen LogP contribution < -0.4 is 11.2 Å². The summed E-state index contributed by atoms with van der Waals surface area (Å²) in [5.74, 6) is -1.56. The molecule has 0 bridgehead atoms. The molecule has 0 amide bonds. The molecular weight excluding hydrogens is 284 g/mol. The van der Waals surface area contributed by atoms with Crippen LogP contribution in [0.25, 0.3) is 0 Å². The molecule has 3 rings (SSSR count). The van der Waals surface area contributed by atoms with Gasteiger partial charge in [-0.1, -0.05) is 0 Å². The van der Waals surface area contributed by atoms with Crippen LogP contribution in [0.15, 0.2) is 15.8 Å². The third-order valence-corrected chi connectivity index (χ3v) is 3.42. The summed E-state index contributed by atoms with van der Waals surface area (Å²) in [6.07, 6.45) is -1.74. The maximum atomic E-state index is 11.9. The first-order chi connectivity index (χ1) is 9.82. The minimum Gasteiger partial charge on any atom is -0.502 e. The van der Waals surface area contributed by atoms with Crippen LogP contribution in [0.4, 0.5) is 0 Å². The van der Waals surface area contributed by atoms with Gasteiger partial charge in [0.25, 0.3) is 5.56 Å². The molecule has 21 heavy (non-hydrogen) atoms. The number of nitrogens with zero attached hydrogens (tertiary/aromatic N) is 1. The zero-order valence-corrected chi connectivity index (χ0v) is 11.3. The molecule has 114 valence electrons. The second-order valence-electron chi connectivity index (χ2n) is 5.37. The van der Waals surface area contributed by atoms with E-state index in [4.69, 9.17) is 14.2 Å². The first-order valence-electron chi connectivity index (χ1n) is 6.33. The molecule has 2 aliphatic rings. The molecule has 4 atom stereocenters. The van der Waals surface area contributed by atoms with E-state index in [-0.39, 0.29) is 0 Å². The zero-order valence-electron chi connectivity index (χ0n) is 11.3. The van der Waals surface area contributed by atoms with Crippen molar-refractivity contribution in [1.82, 2.24) is 9.55 Å². The lowest BCUT2D eigenvalue weighted by molar-refractivity contribution is -0.195. The summed E-state index contributed by atoms with van der Waals surface area (Å²) < 4.78 is 17.7. The highest BCUT2D eigenvalue weighted by Crippen LogP contribution is 2.42. The fraction of sp³-hybridized carbons (Fsp3) is 0.583. The maximum absolute atomic E-state index is 11.9. The summed E-state index contributed by atoms with van der Waals surface area (Å²) in [6.45, 7) is 3.36. The van der Waals surface area contributed by atoms with Crippen molar-refractivity contribution >= 4 is 6.29 Å². The SMILES string of the molecule is CC1(C)O[C@@H]2[C@H](O1)[C@@H](C=O)O[C@H]2n1cc(O)c(=O)[nH]c1=O. The predicted molar refractivity (Wildman–Crippen MR) is 66.8 cm³/mol. The first kappa shape index (κ1) is 14.0. The Morgan fingerprint density at radius 2 is 2.00 bits per heavy atom. The van der Waals surface area contributed by atoms with Crippen LogP contribution in [0, 0.1) is 0 Å². The van der Waals surface area contributed by atoms with Gasteiger partial charge in [-0.2, -0.15) is 0 Å². The number of ether oxygens (including phenoxy) is 3. The molecule has 9 heteroatoms. The summed E-state index contributed by atoms with van der Waals surface area (Å²) >= 11 is 0. The van der Waals surface area contributed by atoms with Gasteiger partial charge in [0.05, 0.1) is 6.20 Å². The number of carbonyl (C=O) groups excluding carboxylic acids is 1.